The first-order valence-corrected chi connectivity index (χ1v) is 4.78. The fourth-order valence-corrected chi connectivity index (χ4v) is 1.42. The van der Waals surface area contributed by atoms with E-state index in [2.05, 4.69) is 13.8 Å². The summed E-state index contributed by atoms with van der Waals surface area (Å²) in [5.41, 5.74) is -0.0369. The van der Waals surface area contributed by atoms with E-state index in [1.54, 1.807) is 14.2 Å². The minimum Gasteiger partial charge on any atom is -0.382 e. The van der Waals surface area contributed by atoms with Gasteiger partial charge in [0.1, 0.15) is 0 Å². The van der Waals surface area contributed by atoms with Crippen LogP contribution in [-0.2, 0) is 9.47 Å². The largest absolute Gasteiger partial charge is 0.382 e. The molecular weight excluding hydrogens is 152 g/mol. The van der Waals surface area contributed by atoms with E-state index in [4.69, 9.17) is 9.47 Å². The second-order valence-electron chi connectivity index (χ2n) is 3.28. The summed E-state index contributed by atoms with van der Waals surface area (Å²) < 4.78 is 10.7. The Morgan fingerprint density at radius 2 is 1.83 bits per heavy atom. The Bertz CT molecular complexity index is 98.0. The van der Waals surface area contributed by atoms with Gasteiger partial charge in [-0.3, -0.25) is 0 Å². The van der Waals surface area contributed by atoms with Crippen molar-refractivity contribution in [3.8, 4) is 0 Å². The predicted molar refractivity (Wildman–Crippen MR) is 51.4 cm³/mol. The highest BCUT2D eigenvalue weighted by Gasteiger charge is 2.26. The Morgan fingerprint density at radius 1 is 1.17 bits per heavy atom. The van der Waals surface area contributed by atoms with Crippen molar-refractivity contribution in [1.29, 1.82) is 0 Å². The lowest BCUT2D eigenvalue weighted by molar-refractivity contribution is -0.0729. The van der Waals surface area contributed by atoms with Gasteiger partial charge in [-0.15, -0.1) is 0 Å². The van der Waals surface area contributed by atoms with Crippen molar-refractivity contribution >= 4 is 0 Å². The van der Waals surface area contributed by atoms with Crippen molar-refractivity contribution in [1.82, 2.24) is 0 Å². The molecule has 2 heteroatoms. The molecule has 0 N–H and O–H groups in total. The maximum Gasteiger partial charge on any atom is 0.0908 e. The highest BCUT2D eigenvalue weighted by molar-refractivity contribution is 4.78. The van der Waals surface area contributed by atoms with Crippen molar-refractivity contribution in [2.75, 3.05) is 20.8 Å². The van der Waals surface area contributed by atoms with Gasteiger partial charge in [0.15, 0.2) is 0 Å². The molecule has 0 fully saturated rings. The van der Waals surface area contributed by atoms with Crippen LogP contribution in [0.15, 0.2) is 0 Å². The molecule has 0 radical (unpaired) electrons. The third kappa shape index (κ3) is 3.55. The van der Waals surface area contributed by atoms with Gasteiger partial charge >= 0.3 is 0 Å². The minimum atomic E-state index is -0.0369. The standard InChI is InChI=1S/C10H22O2/c1-5-7-8-10(6-2,12-4)9-11-3/h5-9H2,1-4H3. The smallest absolute Gasteiger partial charge is 0.0908 e. The SMILES string of the molecule is CCCCC(CC)(COC)OC. The fraction of sp³-hybridized carbons (Fsp3) is 1.00. The van der Waals surface area contributed by atoms with Gasteiger partial charge in [-0.2, -0.15) is 0 Å². The third-order valence-corrected chi connectivity index (χ3v) is 2.47. The summed E-state index contributed by atoms with van der Waals surface area (Å²) in [7, 11) is 3.51. The first-order valence-electron chi connectivity index (χ1n) is 4.78. The second kappa shape index (κ2) is 6.44. The molecule has 1 atom stereocenters. The molecule has 0 rings (SSSR count). The zero-order valence-electron chi connectivity index (χ0n) is 8.85. The van der Waals surface area contributed by atoms with Gasteiger partial charge in [0.05, 0.1) is 12.2 Å². The molecule has 0 aliphatic rings. The van der Waals surface area contributed by atoms with E-state index in [1.807, 2.05) is 0 Å². The Balaban J connectivity index is 3.95. The molecule has 0 aliphatic heterocycles. The van der Waals surface area contributed by atoms with Gasteiger partial charge in [0.25, 0.3) is 0 Å². The van der Waals surface area contributed by atoms with Crippen molar-refractivity contribution in [2.24, 2.45) is 0 Å². The zero-order valence-corrected chi connectivity index (χ0v) is 8.85. The van der Waals surface area contributed by atoms with E-state index in [0.717, 1.165) is 12.8 Å². The Labute approximate surface area is 76.3 Å². The first kappa shape index (κ1) is 11.9. The minimum absolute atomic E-state index is 0.0369. The zero-order chi connectivity index (χ0) is 9.45. The second-order valence-corrected chi connectivity index (χ2v) is 3.28. The van der Waals surface area contributed by atoms with Crippen molar-refractivity contribution < 1.29 is 9.47 Å². The van der Waals surface area contributed by atoms with Crippen molar-refractivity contribution in [2.45, 2.75) is 45.1 Å². The maximum atomic E-state index is 5.50. The summed E-state index contributed by atoms with van der Waals surface area (Å²) in [4.78, 5) is 0. The van der Waals surface area contributed by atoms with Crippen LogP contribution in [0.1, 0.15) is 39.5 Å². The average Bonchev–Trinajstić information content (AvgIpc) is 2.13. The van der Waals surface area contributed by atoms with Crippen LogP contribution in [0.4, 0.5) is 0 Å². The fourth-order valence-electron chi connectivity index (χ4n) is 1.42. The summed E-state index contributed by atoms with van der Waals surface area (Å²) in [6.45, 7) is 5.06. The number of methoxy groups -OCH3 is 2. The quantitative estimate of drug-likeness (QED) is 0.590. The first-order chi connectivity index (χ1) is 5.74. The molecule has 0 aromatic heterocycles. The van der Waals surface area contributed by atoms with E-state index in [0.29, 0.717) is 6.61 Å². The van der Waals surface area contributed by atoms with E-state index >= 15 is 0 Å². The molecule has 12 heavy (non-hydrogen) atoms. The summed E-state index contributed by atoms with van der Waals surface area (Å²) in [6, 6.07) is 0. The highest BCUT2D eigenvalue weighted by Crippen LogP contribution is 2.22. The lowest BCUT2D eigenvalue weighted by Crippen LogP contribution is -2.35. The van der Waals surface area contributed by atoms with Crippen LogP contribution in [-0.4, -0.2) is 26.4 Å². The van der Waals surface area contributed by atoms with Crippen molar-refractivity contribution in [3.05, 3.63) is 0 Å². The lowest BCUT2D eigenvalue weighted by atomic mass is 9.94. The van der Waals surface area contributed by atoms with Gasteiger partial charge in [0, 0.05) is 14.2 Å². The van der Waals surface area contributed by atoms with E-state index in [1.165, 1.54) is 12.8 Å². The third-order valence-electron chi connectivity index (χ3n) is 2.47. The monoisotopic (exact) mass is 174 g/mol. The molecule has 0 saturated carbocycles. The summed E-state index contributed by atoms with van der Waals surface area (Å²) in [5, 5.41) is 0. The number of ether oxygens (including phenoxy) is 2. The molecule has 0 aliphatic carbocycles. The summed E-state index contributed by atoms with van der Waals surface area (Å²) >= 11 is 0. The molecule has 1 unspecified atom stereocenters. The van der Waals surface area contributed by atoms with Crippen LogP contribution in [0.25, 0.3) is 0 Å². The Morgan fingerprint density at radius 3 is 2.17 bits per heavy atom. The van der Waals surface area contributed by atoms with Gasteiger partial charge in [-0.05, 0) is 12.8 Å². The molecule has 0 amide bonds. The molecule has 0 aromatic carbocycles. The molecular formula is C10H22O2. The Kier molecular flexibility index (Phi) is 6.39. The van der Waals surface area contributed by atoms with Gasteiger partial charge < -0.3 is 9.47 Å². The van der Waals surface area contributed by atoms with Gasteiger partial charge in [0.2, 0.25) is 0 Å². The number of unbranched alkanes of at least 4 members (excludes halogenated alkanes) is 1. The van der Waals surface area contributed by atoms with E-state index in [9.17, 15) is 0 Å². The normalized spacial score (nSPS) is 16.0. The summed E-state index contributed by atoms with van der Waals surface area (Å²) in [5.74, 6) is 0. The molecule has 0 bridgehead atoms. The van der Waals surface area contributed by atoms with Crippen LogP contribution in [0.3, 0.4) is 0 Å². The van der Waals surface area contributed by atoms with Crippen LogP contribution >= 0.6 is 0 Å². The number of hydrogen-bond donors (Lipinski definition) is 0. The van der Waals surface area contributed by atoms with E-state index < -0.39 is 0 Å². The van der Waals surface area contributed by atoms with Gasteiger partial charge in [-0.1, -0.05) is 26.7 Å². The van der Waals surface area contributed by atoms with Crippen LogP contribution in [0, 0.1) is 0 Å². The average molecular weight is 174 g/mol. The molecule has 2 nitrogen and oxygen atoms in total. The molecule has 0 saturated heterocycles. The van der Waals surface area contributed by atoms with Crippen LogP contribution in [0.2, 0.25) is 0 Å². The van der Waals surface area contributed by atoms with E-state index in [-0.39, 0.29) is 5.60 Å². The molecule has 74 valence electrons. The molecule has 0 heterocycles. The summed E-state index contributed by atoms with van der Waals surface area (Å²) in [6.07, 6.45) is 4.56. The topological polar surface area (TPSA) is 18.5 Å². The predicted octanol–water partition coefficient (Wildman–Crippen LogP) is 2.62. The molecule has 0 spiro atoms. The number of hydrogen-bond acceptors (Lipinski definition) is 2. The van der Waals surface area contributed by atoms with Crippen LogP contribution < -0.4 is 0 Å². The highest BCUT2D eigenvalue weighted by atomic mass is 16.5. The maximum absolute atomic E-state index is 5.50. The lowest BCUT2D eigenvalue weighted by Gasteiger charge is -2.30. The number of rotatable bonds is 7. The van der Waals surface area contributed by atoms with Crippen molar-refractivity contribution in [3.63, 3.8) is 0 Å². The Hall–Kier alpha value is -0.0800. The van der Waals surface area contributed by atoms with Crippen LogP contribution in [0.5, 0.6) is 0 Å². The molecule has 0 aromatic rings. The van der Waals surface area contributed by atoms with Gasteiger partial charge in [-0.25, -0.2) is 0 Å².